The minimum absolute atomic E-state index is 0.294. The van der Waals surface area contributed by atoms with Crippen molar-refractivity contribution in [3.8, 4) is 5.75 Å². The van der Waals surface area contributed by atoms with Crippen molar-refractivity contribution in [3.63, 3.8) is 0 Å². The first-order valence-electron chi connectivity index (χ1n) is 8.07. The molecular weight excluding hydrogens is 320 g/mol. The van der Waals surface area contributed by atoms with Crippen molar-refractivity contribution in [1.82, 2.24) is 5.32 Å². The third-order valence-corrected chi connectivity index (χ3v) is 3.51. The molecule has 0 unspecified atom stereocenters. The van der Waals surface area contributed by atoms with E-state index in [1.54, 1.807) is 38.3 Å². The molecule has 2 aromatic rings. The topological polar surface area (TPSA) is 76.7 Å². The Bertz CT molecular complexity index is 696. The number of rotatable bonds is 7. The molecule has 0 saturated heterocycles. The van der Waals surface area contributed by atoms with Crippen LogP contribution in [0.15, 0.2) is 48.5 Å². The second-order valence-electron chi connectivity index (χ2n) is 5.28. The number of hydrogen-bond acceptors (Lipinski definition) is 4. The zero-order chi connectivity index (χ0) is 18.1. The molecule has 0 aliphatic heterocycles. The Morgan fingerprint density at radius 2 is 1.68 bits per heavy atom. The Morgan fingerprint density at radius 3 is 2.28 bits per heavy atom. The van der Waals surface area contributed by atoms with E-state index in [9.17, 15) is 9.59 Å². The van der Waals surface area contributed by atoms with Crippen molar-refractivity contribution in [1.29, 1.82) is 0 Å². The molecule has 0 aromatic heterocycles. The summed E-state index contributed by atoms with van der Waals surface area (Å²) in [6.07, 6.45) is 0.721. The molecule has 25 heavy (non-hydrogen) atoms. The van der Waals surface area contributed by atoms with Gasteiger partial charge in [-0.2, -0.15) is 0 Å². The molecule has 0 bridgehead atoms. The van der Waals surface area contributed by atoms with Gasteiger partial charge in [0.2, 0.25) is 0 Å². The monoisotopic (exact) mass is 342 g/mol. The first kappa shape index (κ1) is 18.3. The van der Waals surface area contributed by atoms with Gasteiger partial charge in [0.15, 0.2) is 0 Å². The molecule has 0 aliphatic carbocycles. The normalized spacial score (nSPS) is 10.0. The van der Waals surface area contributed by atoms with Crippen LogP contribution in [0.2, 0.25) is 0 Å². The van der Waals surface area contributed by atoms with E-state index in [0.717, 1.165) is 17.7 Å². The highest BCUT2D eigenvalue weighted by Gasteiger charge is 2.07. The minimum atomic E-state index is -0.377. The van der Waals surface area contributed by atoms with Crippen molar-refractivity contribution in [2.75, 3.05) is 25.6 Å². The highest BCUT2D eigenvalue weighted by atomic mass is 16.5. The van der Waals surface area contributed by atoms with E-state index in [2.05, 4.69) is 10.6 Å². The van der Waals surface area contributed by atoms with Crippen LogP contribution in [-0.2, 0) is 11.2 Å². The number of methoxy groups -OCH3 is 1. The summed E-state index contributed by atoms with van der Waals surface area (Å²) >= 11 is 0. The van der Waals surface area contributed by atoms with Crippen molar-refractivity contribution >= 4 is 17.7 Å². The summed E-state index contributed by atoms with van der Waals surface area (Å²) < 4.78 is 10.0. The van der Waals surface area contributed by atoms with E-state index in [1.807, 2.05) is 24.3 Å². The maximum atomic E-state index is 11.9. The van der Waals surface area contributed by atoms with E-state index in [0.29, 0.717) is 24.4 Å². The molecule has 0 atom stereocenters. The van der Waals surface area contributed by atoms with Gasteiger partial charge in [-0.05, 0) is 55.3 Å². The second-order valence-corrected chi connectivity index (χ2v) is 5.28. The molecule has 2 N–H and O–H groups in total. The van der Waals surface area contributed by atoms with Crippen LogP contribution in [0.3, 0.4) is 0 Å². The predicted molar refractivity (Wildman–Crippen MR) is 96.1 cm³/mol. The summed E-state index contributed by atoms with van der Waals surface area (Å²) in [6.45, 7) is 2.60. The van der Waals surface area contributed by atoms with Gasteiger partial charge in [-0.15, -0.1) is 0 Å². The van der Waals surface area contributed by atoms with Crippen molar-refractivity contribution in [2.24, 2.45) is 0 Å². The van der Waals surface area contributed by atoms with Crippen LogP contribution in [-0.4, -0.2) is 32.3 Å². The third-order valence-electron chi connectivity index (χ3n) is 3.51. The number of hydrogen-bond donors (Lipinski definition) is 2. The van der Waals surface area contributed by atoms with Crippen LogP contribution in [0.5, 0.6) is 5.75 Å². The van der Waals surface area contributed by atoms with Crippen LogP contribution < -0.4 is 15.4 Å². The number of nitrogens with one attached hydrogen (secondary N) is 2. The number of urea groups is 1. The second kappa shape index (κ2) is 9.32. The Kier molecular flexibility index (Phi) is 6.83. The number of esters is 1. The lowest BCUT2D eigenvalue weighted by Crippen LogP contribution is -2.30. The number of carbonyl (C=O) groups is 2. The fraction of sp³-hybridized carbons (Fsp3) is 0.263. The summed E-state index contributed by atoms with van der Waals surface area (Å²) in [6, 6.07) is 14.0. The van der Waals surface area contributed by atoms with Gasteiger partial charge in [-0.1, -0.05) is 12.1 Å². The van der Waals surface area contributed by atoms with E-state index < -0.39 is 0 Å². The molecule has 0 heterocycles. The molecule has 2 aromatic carbocycles. The van der Waals surface area contributed by atoms with Crippen LogP contribution in [0.25, 0.3) is 0 Å². The molecule has 0 fully saturated rings. The first-order valence-corrected chi connectivity index (χ1v) is 8.07. The van der Waals surface area contributed by atoms with Crippen molar-refractivity contribution < 1.29 is 19.1 Å². The van der Waals surface area contributed by atoms with Crippen molar-refractivity contribution in [3.05, 3.63) is 59.7 Å². The van der Waals surface area contributed by atoms with Gasteiger partial charge in [-0.3, -0.25) is 0 Å². The standard InChI is InChI=1S/C19H22N2O4/c1-3-25-18(22)15-6-8-16(9-7-15)21-19(23)20-13-12-14-4-10-17(24-2)11-5-14/h4-11H,3,12-13H2,1-2H3,(H2,20,21,23). The minimum Gasteiger partial charge on any atom is -0.497 e. The Balaban J connectivity index is 1.76. The summed E-state index contributed by atoms with van der Waals surface area (Å²) in [5.41, 5.74) is 2.17. The highest BCUT2D eigenvalue weighted by Crippen LogP contribution is 2.12. The van der Waals surface area contributed by atoms with Crippen LogP contribution in [0.4, 0.5) is 10.5 Å². The SMILES string of the molecule is CCOC(=O)c1ccc(NC(=O)NCCc2ccc(OC)cc2)cc1. The largest absolute Gasteiger partial charge is 0.497 e. The predicted octanol–water partition coefficient (Wildman–Crippen LogP) is 3.24. The lowest BCUT2D eigenvalue weighted by Gasteiger charge is -2.09. The van der Waals surface area contributed by atoms with Crippen LogP contribution in [0, 0.1) is 0 Å². The lowest BCUT2D eigenvalue weighted by molar-refractivity contribution is 0.0526. The van der Waals surface area contributed by atoms with E-state index in [-0.39, 0.29) is 12.0 Å². The number of benzene rings is 2. The fourth-order valence-electron chi connectivity index (χ4n) is 2.19. The number of carbonyl (C=O) groups excluding carboxylic acids is 2. The number of amides is 2. The summed E-state index contributed by atoms with van der Waals surface area (Å²) in [4.78, 5) is 23.5. The van der Waals surface area contributed by atoms with Gasteiger partial charge >= 0.3 is 12.0 Å². The summed E-state index contributed by atoms with van der Waals surface area (Å²) in [7, 11) is 1.63. The fourth-order valence-corrected chi connectivity index (χ4v) is 2.19. The maximum Gasteiger partial charge on any atom is 0.338 e. The third kappa shape index (κ3) is 5.84. The highest BCUT2D eigenvalue weighted by molar-refractivity contribution is 5.92. The molecule has 6 nitrogen and oxygen atoms in total. The lowest BCUT2D eigenvalue weighted by atomic mass is 10.1. The zero-order valence-corrected chi connectivity index (χ0v) is 14.4. The van der Waals surface area contributed by atoms with Crippen molar-refractivity contribution in [2.45, 2.75) is 13.3 Å². The Labute approximate surface area is 147 Å². The van der Waals surface area contributed by atoms with E-state index in [4.69, 9.17) is 9.47 Å². The average molecular weight is 342 g/mol. The molecule has 6 heteroatoms. The molecule has 2 amide bonds. The quantitative estimate of drug-likeness (QED) is 0.758. The molecular formula is C19H22N2O4. The maximum absolute atomic E-state index is 11.9. The van der Waals surface area contributed by atoms with E-state index >= 15 is 0 Å². The number of ether oxygens (including phenoxy) is 2. The van der Waals surface area contributed by atoms with E-state index in [1.165, 1.54) is 0 Å². The Morgan fingerprint density at radius 1 is 1.00 bits per heavy atom. The van der Waals surface area contributed by atoms with Crippen LogP contribution >= 0.6 is 0 Å². The van der Waals surface area contributed by atoms with Gasteiger partial charge in [0, 0.05) is 12.2 Å². The molecule has 0 aliphatic rings. The molecule has 2 rings (SSSR count). The summed E-state index contributed by atoms with van der Waals surface area (Å²) in [5, 5.41) is 5.52. The van der Waals surface area contributed by atoms with Gasteiger partial charge in [-0.25, -0.2) is 9.59 Å². The molecule has 0 spiro atoms. The number of anilines is 1. The van der Waals surface area contributed by atoms with Gasteiger partial charge in [0.05, 0.1) is 19.3 Å². The first-order chi connectivity index (χ1) is 12.1. The molecule has 0 radical (unpaired) electrons. The van der Waals surface area contributed by atoms with Gasteiger partial charge < -0.3 is 20.1 Å². The average Bonchev–Trinajstić information content (AvgIpc) is 2.63. The van der Waals surface area contributed by atoms with Gasteiger partial charge in [0.1, 0.15) is 5.75 Å². The smallest absolute Gasteiger partial charge is 0.338 e. The van der Waals surface area contributed by atoms with Crippen LogP contribution in [0.1, 0.15) is 22.8 Å². The molecule has 0 saturated carbocycles. The zero-order valence-electron chi connectivity index (χ0n) is 14.4. The van der Waals surface area contributed by atoms with Gasteiger partial charge in [0.25, 0.3) is 0 Å². The molecule has 132 valence electrons. The Hall–Kier alpha value is -3.02. The summed E-state index contributed by atoms with van der Waals surface area (Å²) in [5.74, 6) is 0.429.